The predicted octanol–water partition coefficient (Wildman–Crippen LogP) is 2.95. The molecule has 1 unspecified atom stereocenters. The van der Waals surface area contributed by atoms with Gasteiger partial charge in [0.25, 0.3) is 0 Å². The molecular formula is C18H30N2O. The van der Waals surface area contributed by atoms with Crippen LogP contribution in [0.25, 0.3) is 0 Å². The largest absolute Gasteiger partial charge is 0.497 e. The van der Waals surface area contributed by atoms with Crippen LogP contribution in [0.15, 0.2) is 24.3 Å². The van der Waals surface area contributed by atoms with Crippen molar-refractivity contribution in [1.29, 1.82) is 0 Å². The summed E-state index contributed by atoms with van der Waals surface area (Å²) >= 11 is 0. The fraction of sp³-hybridized carbons (Fsp3) is 0.667. The zero-order valence-corrected chi connectivity index (χ0v) is 13.8. The van der Waals surface area contributed by atoms with Crippen molar-refractivity contribution in [3.63, 3.8) is 0 Å². The monoisotopic (exact) mass is 290 g/mol. The van der Waals surface area contributed by atoms with E-state index in [1.54, 1.807) is 7.11 Å². The summed E-state index contributed by atoms with van der Waals surface area (Å²) in [6, 6.07) is 9.02. The lowest BCUT2D eigenvalue weighted by molar-refractivity contribution is 0.169. The van der Waals surface area contributed by atoms with Crippen LogP contribution < -0.4 is 10.1 Å². The van der Waals surface area contributed by atoms with Crippen LogP contribution in [0.2, 0.25) is 0 Å². The van der Waals surface area contributed by atoms with E-state index in [4.69, 9.17) is 4.74 Å². The van der Waals surface area contributed by atoms with Gasteiger partial charge in [-0.3, -0.25) is 0 Å². The summed E-state index contributed by atoms with van der Waals surface area (Å²) in [6.45, 7) is 9.40. The number of hydrogen-bond donors (Lipinski definition) is 1. The highest BCUT2D eigenvalue weighted by atomic mass is 16.5. The van der Waals surface area contributed by atoms with E-state index >= 15 is 0 Å². The molecule has 21 heavy (non-hydrogen) atoms. The molecule has 1 aromatic carbocycles. The van der Waals surface area contributed by atoms with Crippen molar-refractivity contribution in [1.82, 2.24) is 10.2 Å². The van der Waals surface area contributed by atoms with Crippen molar-refractivity contribution in [2.45, 2.75) is 39.2 Å². The lowest BCUT2D eigenvalue weighted by Crippen LogP contribution is -2.42. The zero-order valence-electron chi connectivity index (χ0n) is 13.8. The number of nitrogens with zero attached hydrogens (tertiary/aromatic N) is 1. The molecule has 0 amide bonds. The Morgan fingerprint density at radius 2 is 1.90 bits per heavy atom. The van der Waals surface area contributed by atoms with Crippen molar-refractivity contribution in [2.24, 2.45) is 5.92 Å². The van der Waals surface area contributed by atoms with E-state index in [9.17, 15) is 0 Å². The van der Waals surface area contributed by atoms with E-state index in [0.29, 0.717) is 6.04 Å². The Kier molecular flexibility index (Phi) is 6.52. The normalized spacial score (nSPS) is 18.6. The number of nitrogens with one attached hydrogen (secondary N) is 1. The van der Waals surface area contributed by atoms with E-state index in [1.165, 1.54) is 38.0 Å². The molecule has 1 heterocycles. The number of likely N-dealkylation sites (tertiary alicyclic amines) is 1. The van der Waals surface area contributed by atoms with Crippen LogP contribution in [-0.2, 0) is 6.42 Å². The van der Waals surface area contributed by atoms with Crippen molar-refractivity contribution < 1.29 is 4.74 Å². The second-order valence-electron chi connectivity index (χ2n) is 6.11. The molecule has 2 rings (SSSR count). The summed E-state index contributed by atoms with van der Waals surface area (Å²) in [5.74, 6) is 1.77. The first-order valence-corrected chi connectivity index (χ1v) is 8.31. The van der Waals surface area contributed by atoms with Crippen LogP contribution >= 0.6 is 0 Å². The topological polar surface area (TPSA) is 24.5 Å². The Bertz CT molecular complexity index is 396. The Hall–Kier alpha value is -1.06. The lowest BCUT2D eigenvalue weighted by Gasteiger charge is -2.34. The zero-order chi connectivity index (χ0) is 15.1. The maximum atomic E-state index is 5.19. The molecule has 0 aromatic heterocycles. The SMILES string of the molecule is CCN1CCC(C(C)NCCc2ccc(OC)cc2)CC1. The van der Waals surface area contributed by atoms with Crippen LogP contribution in [0.4, 0.5) is 0 Å². The predicted molar refractivity (Wildman–Crippen MR) is 89.0 cm³/mol. The molecule has 0 saturated carbocycles. The summed E-state index contributed by atoms with van der Waals surface area (Å²) < 4.78 is 5.19. The summed E-state index contributed by atoms with van der Waals surface area (Å²) in [5, 5.41) is 3.71. The number of ether oxygens (including phenoxy) is 1. The first-order chi connectivity index (χ1) is 10.2. The summed E-state index contributed by atoms with van der Waals surface area (Å²) in [5.41, 5.74) is 1.37. The molecule has 1 fully saturated rings. The van der Waals surface area contributed by atoms with Gasteiger partial charge in [0.15, 0.2) is 0 Å². The van der Waals surface area contributed by atoms with Gasteiger partial charge in [-0.15, -0.1) is 0 Å². The van der Waals surface area contributed by atoms with Gasteiger partial charge >= 0.3 is 0 Å². The fourth-order valence-electron chi connectivity index (χ4n) is 3.17. The van der Waals surface area contributed by atoms with E-state index in [-0.39, 0.29) is 0 Å². The van der Waals surface area contributed by atoms with Gasteiger partial charge in [0.1, 0.15) is 5.75 Å². The minimum absolute atomic E-state index is 0.627. The van der Waals surface area contributed by atoms with Crippen molar-refractivity contribution in [2.75, 3.05) is 33.3 Å². The number of hydrogen-bond acceptors (Lipinski definition) is 3. The number of rotatable bonds is 7. The first-order valence-electron chi connectivity index (χ1n) is 8.31. The number of methoxy groups -OCH3 is 1. The summed E-state index contributed by atoms with van der Waals surface area (Å²) in [4.78, 5) is 2.56. The highest BCUT2D eigenvalue weighted by Gasteiger charge is 2.22. The smallest absolute Gasteiger partial charge is 0.118 e. The van der Waals surface area contributed by atoms with E-state index < -0.39 is 0 Å². The van der Waals surface area contributed by atoms with E-state index in [1.807, 2.05) is 12.1 Å². The average molecular weight is 290 g/mol. The third-order valence-corrected chi connectivity index (χ3v) is 4.83. The maximum Gasteiger partial charge on any atom is 0.118 e. The maximum absolute atomic E-state index is 5.19. The Morgan fingerprint density at radius 1 is 1.24 bits per heavy atom. The number of benzene rings is 1. The molecule has 1 aromatic rings. The molecule has 1 aliphatic heterocycles. The van der Waals surface area contributed by atoms with Crippen molar-refractivity contribution in [3.8, 4) is 5.75 Å². The molecule has 3 heteroatoms. The van der Waals surface area contributed by atoms with E-state index in [0.717, 1.165) is 24.6 Å². The Balaban J connectivity index is 1.68. The van der Waals surface area contributed by atoms with Gasteiger partial charge in [0.05, 0.1) is 7.11 Å². The quantitative estimate of drug-likeness (QED) is 0.835. The van der Waals surface area contributed by atoms with Gasteiger partial charge in [-0.1, -0.05) is 19.1 Å². The highest BCUT2D eigenvalue weighted by molar-refractivity contribution is 5.27. The average Bonchev–Trinajstić information content (AvgIpc) is 2.55. The molecule has 1 N–H and O–H groups in total. The standard InChI is InChI=1S/C18H30N2O/c1-4-20-13-10-17(11-14-20)15(2)19-12-9-16-5-7-18(21-3)8-6-16/h5-8,15,17,19H,4,9-14H2,1-3H3. The summed E-state index contributed by atoms with van der Waals surface area (Å²) in [7, 11) is 1.71. The first kappa shape index (κ1) is 16.3. The van der Waals surface area contributed by atoms with Gasteiger partial charge in [0.2, 0.25) is 0 Å². The van der Waals surface area contributed by atoms with E-state index in [2.05, 4.69) is 36.2 Å². The molecule has 1 saturated heterocycles. The third-order valence-electron chi connectivity index (χ3n) is 4.83. The number of piperidine rings is 1. The molecule has 0 bridgehead atoms. The molecule has 3 nitrogen and oxygen atoms in total. The Morgan fingerprint density at radius 3 is 2.48 bits per heavy atom. The van der Waals surface area contributed by atoms with Gasteiger partial charge < -0.3 is 15.0 Å². The van der Waals surface area contributed by atoms with Crippen LogP contribution in [0.3, 0.4) is 0 Å². The van der Waals surface area contributed by atoms with Crippen molar-refractivity contribution in [3.05, 3.63) is 29.8 Å². The van der Waals surface area contributed by atoms with Gasteiger partial charge in [-0.05, 0) is 76.0 Å². The molecule has 118 valence electrons. The second kappa shape index (κ2) is 8.40. The van der Waals surface area contributed by atoms with Crippen LogP contribution in [0.5, 0.6) is 5.75 Å². The van der Waals surface area contributed by atoms with Crippen LogP contribution in [0, 0.1) is 5.92 Å². The van der Waals surface area contributed by atoms with Gasteiger partial charge in [-0.25, -0.2) is 0 Å². The third kappa shape index (κ3) is 5.01. The van der Waals surface area contributed by atoms with Crippen LogP contribution in [0.1, 0.15) is 32.3 Å². The molecular weight excluding hydrogens is 260 g/mol. The van der Waals surface area contributed by atoms with Gasteiger partial charge in [0, 0.05) is 6.04 Å². The van der Waals surface area contributed by atoms with Crippen molar-refractivity contribution >= 4 is 0 Å². The minimum Gasteiger partial charge on any atom is -0.497 e. The highest BCUT2D eigenvalue weighted by Crippen LogP contribution is 2.20. The fourth-order valence-corrected chi connectivity index (χ4v) is 3.17. The molecule has 1 atom stereocenters. The summed E-state index contributed by atoms with van der Waals surface area (Å²) in [6.07, 6.45) is 3.76. The molecule has 0 aliphatic carbocycles. The van der Waals surface area contributed by atoms with Crippen LogP contribution in [-0.4, -0.2) is 44.2 Å². The van der Waals surface area contributed by atoms with Gasteiger partial charge in [-0.2, -0.15) is 0 Å². The molecule has 0 spiro atoms. The molecule has 1 aliphatic rings. The second-order valence-corrected chi connectivity index (χ2v) is 6.11. The lowest BCUT2D eigenvalue weighted by atomic mass is 9.90. The minimum atomic E-state index is 0.627. The molecule has 0 radical (unpaired) electrons. The Labute approximate surface area is 129 Å².